The SMILES string of the molecule is CNCc1ccccc1S(=O)(=O)NCC1C(C)(C)C1(C)C. The molecule has 0 atom stereocenters. The molecule has 1 saturated carbocycles. The van der Waals surface area contributed by atoms with Crippen molar-refractivity contribution in [1.82, 2.24) is 10.0 Å². The van der Waals surface area contributed by atoms with Gasteiger partial charge in [0.05, 0.1) is 4.90 Å². The maximum Gasteiger partial charge on any atom is 0.240 e. The second-order valence-corrected chi connectivity index (χ2v) is 8.72. The number of sulfonamides is 1. The summed E-state index contributed by atoms with van der Waals surface area (Å²) in [4.78, 5) is 0.371. The first-order valence-corrected chi connectivity index (χ1v) is 8.85. The van der Waals surface area contributed by atoms with Gasteiger partial charge in [0.25, 0.3) is 0 Å². The van der Waals surface area contributed by atoms with E-state index in [9.17, 15) is 8.42 Å². The lowest BCUT2D eigenvalue weighted by molar-refractivity contribution is 0.457. The maximum atomic E-state index is 12.5. The highest BCUT2D eigenvalue weighted by Gasteiger charge is 2.64. The van der Waals surface area contributed by atoms with E-state index in [0.29, 0.717) is 23.9 Å². The van der Waals surface area contributed by atoms with Crippen molar-refractivity contribution in [2.45, 2.75) is 39.1 Å². The van der Waals surface area contributed by atoms with Crippen LogP contribution in [0.5, 0.6) is 0 Å². The van der Waals surface area contributed by atoms with Crippen LogP contribution in [0.25, 0.3) is 0 Å². The smallest absolute Gasteiger partial charge is 0.240 e. The summed E-state index contributed by atoms with van der Waals surface area (Å²) in [7, 11) is -1.65. The maximum absolute atomic E-state index is 12.5. The monoisotopic (exact) mass is 310 g/mol. The Morgan fingerprint density at radius 2 is 1.67 bits per heavy atom. The van der Waals surface area contributed by atoms with Crippen molar-refractivity contribution < 1.29 is 8.42 Å². The van der Waals surface area contributed by atoms with Crippen molar-refractivity contribution in [3.05, 3.63) is 29.8 Å². The summed E-state index contributed by atoms with van der Waals surface area (Å²) < 4.78 is 27.9. The van der Waals surface area contributed by atoms with E-state index in [4.69, 9.17) is 0 Å². The number of hydrogen-bond donors (Lipinski definition) is 2. The van der Waals surface area contributed by atoms with Crippen molar-refractivity contribution in [3.8, 4) is 0 Å². The summed E-state index contributed by atoms with van der Waals surface area (Å²) in [5.41, 5.74) is 1.15. The largest absolute Gasteiger partial charge is 0.316 e. The average molecular weight is 310 g/mol. The Hall–Kier alpha value is -0.910. The summed E-state index contributed by atoms with van der Waals surface area (Å²) in [5, 5.41) is 3.01. The van der Waals surface area contributed by atoms with Gasteiger partial charge < -0.3 is 5.32 Å². The molecule has 0 radical (unpaired) electrons. The zero-order valence-corrected chi connectivity index (χ0v) is 14.3. The second-order valence-electron chi connectivity index (χ2n) is 6.99. The van der Waals surface area contributed by atoms with Gasteiger partial charge >= 0.3 is 0 Å². The summed E-state index contributed by atoms with van der Waals surface area (Å²) >= 11 is 0. The van der Waals surface area contributed by atoms with Gasteiger partial charge in [-0.25, -0.2) is 13.1 Å². The number of benzene rings is 1. The minimum Gasteiger partial charge on any atom is -0.316 e. The highest BCUT2D eigenvalue weighted by molar-refractivity contribution is 7.89. The van der Waals surface area contributed by atoms with Crippen LogP contribution in [0.2, 0.25) is 0 Å². The molecule has 0 aromatic heterocycles. The highest BCUT2D eigenvalue weighted by atomic mass is 32.2. The first-order valence-electron chi connectivity index (χ1n) is 7.37. The molecule has 0 bridgehead atoms. The lowest BCUT2D eigenvalue weighted by Gasteiger charge is -2.12. The van der Waals surface area contributed by atoms with E-state index in [1.165, 1.54) is 0 Å². The van der Waals surface area contributed by atoms with Crippen LogP contribution in [0.4, 0.5) is 0 Å². The summed E-state index contributed by atoms with van der Waals surface area (Å²) in [6.45, 7) is 9.82. The van der Waals surface area contributed by atoms with E-state index in [-0.39, 0.29) is 10.8 Å². The van der Waals surface area contributed by atoms with Gasteiger partial charge in [-0.3, -0.25) is 0 Å². The zero-order valence-electron chi connectivity index (χ0n) is 13.5. The van der Waals surface area contributed by atoms with Gasteiger partial charge in [0.15, 0.2) is 0 Å². The van der Waals surface area contributed by atoms with Gasteiger partial charge in [-0.15, -0.1) is 0 Å². The molecule has 118 valence electrons. The van der Waals surface area contributed by atoms with E-state index in [2.05, 4.69) is 37.7 Å². The molecule has 0 saturated heterocycles. The van der Waals surface area contributed by atoms with Crippen LogP contribution >= 0.6 is 0 Å². The van der Waals surface area contributed by atoms with E-state index in [0.717, 1.165) is 5.56 Å². The van der Waals surface area contributed by atoms with Crippen molar-refractivity contribution >= 4 is 10.0 Å². The van der Waals surface area contributed by atoms with Crippen LogP contribution in [-0.2, 0) is 16.6 Å². The fourth-order valence-corrected chi connectivity index (χ4v) is 4.50. The first kappa shape index (κ1) is 16.5. The van der Waals surface area contributed by atoms with Crippen LogP contribution in [0.3, 0.4) is 0 Å². The van der Waals surface area contributed by atoms with Crippen LogP contribution in [0.15, 0.2) is 29.2 Å². The molecule has 4 nitrogen and oxygen atoms in total. The van der Waals surface area contributed by atoms with E-state index in [1.807, 2.05) is 19.2 Å². The molecule has 1 aliphatic carbocycles. The number of nitrogens with one attached hydrogen (secondary N) is 2. The third-order valence-electron chi connectivity index (χ3n) is 5.43. The average Bonchev–Trinajstić information content (AvgIpc) is 2.78. The van der Waals surface area contributed by atoms with Gasteiger partial charge in [0, 0.05) is 13.1 Å². The van der Waals surface area contributed by atoms with Crippen LogP contribution in [-0.4, -0.2) is 22.0 Å². The highest BCUT2D eigenvalue weighted by Crippen LogP contribution is 2.67. The Morgan fingerprint density at radius 3 is 2.19 bits per heavy atom. The van der Waals surface area contributed by atoms with E-state index in [1.54, 1.807) is 12.1 Å². The molecule has 21 heavy (non-hydrogen) atoms. The third-order valence-corrected chi connectivity index (χ3v) is 6.95. The standard InChI is InChI=1S/C16H26N2O2S/c1-15(2)14(16(15,3)4)11-18-21(19,20)13-9-7-6-8-12(13)10-17-5/h6-9,14,17-18H,10-11H2,1-5H3. The lowest BCUT2D eigenvalue weighted by Crippen LogP contribution is -2.28. The van der Waals surface area contributed by atoms with E-state index < -0.39 is 10.0 Å². The predicted octanol–water partition coefficient (Wildman–Crippen LogP) is 2.37. The topological polar surface area (TPSA) is 58.2 Å². The molecule has 2 N–H and O–H groups in total. The van der Waals surface area contributed by atoms with Crippen LogP contribution in [0, 0.1) is 16.7 Å². The molecule has 1 fully saturated rings. The molecule has 0 spiro atoms. The van der Waals surface area contributed by atoms with E-state index >= 15 is 0 Å². The van der Waals surface area contributed by atoms with Crippen LogP contribution < -0.4 is 10.0 Å². The lowest BCUT2D eigenvalue weighted by atomic mass is 10.0. The van der Waals surface area contributed by atoms with Crippen molar-refractivity contribution in [2.24, 2.45) is 16.7 Å². The minimum absolute atomic E-state index is 0.181. The summed E-state index contributed by atoms with van der Waals surface area (Å²) in [6, 6.07) is 7.13. The van der Waals surface area contributed by atoms with Gasteiger partial charge in [-0.2, -0.15) is 0 Å². The number of hydrogen-bond acceptors (Lipinski definition) is 3. The van der Waals surface area contributed by atoms with Crippen molar-refractivity contribution in [2.75, 3.05) is 13.6 Å². The predicted molar refractivity (Wildman–Crippen MR) is 85.4 cm³/mol. The molecule has 0 heterocycles. The van der Waals surface area contributed by atoms with Gasteiger partial charge in [0.2, 0.25) is 10.0 Å². The molecule has 1 aromatic rings. The number of rotatable bonds is 6. The molecule has 0 amide bonds. The Bertz CT molecular complexity index is 607. The molecular weight excluding hydrogens is 284 g/mol. The molecular formula is C16H26N2O2S. The molecule has 2 rings (SSSR count). The normalized spacial score (nSPS) is 20.4. The second kappa shape index (κ2) is 5.38. The molecule has 1 aliphatic rings. The first-order chi connectivity index (χ1) is 9.64. The summed E-state index contributed by atoms with van der Waals surface area (Å²) in [5.74, 6) is 0.372. The zero-order chi connectivity index (χ0) is 15.9. The minimum atomic E-state index is -3.46. The third kappa shape index (κ3) is 2.87. The van der Waals surface area contributed by atoms with Crippen LogP contribution in [0.1, 0.15) is 33.3 Å². The molecule has 5 heteroatoms. The summed E-state index contributed by atoms with van der Waals surface area (Å²) in [6.07, 6.45) is 0. The van der Waals surface area contributed by atoms with Crippen molar-refractivity contribution in [3.63, 3.8) is 0 Å². The Morgan fingerprint density at radius 1 is 1.10 bits per heavy atom. The van der Waals surface area contributed by atoms with Gasteiger partial charge in [-0.1, -0.05) is 45.9 Å². The quantitative estimate of drug-likeness (QED) is 0.848. The molecule has 0 unspecified atom stereocenters. The van der Waals surface area contributed by atoms with Crippen molar-refractivity contribution in [1.29, 1.82) is 0 Å². The Labute approximate surface area is 128 Å². The fourth-order valence-electron chi connectivity index (χ4n) is 3.22. The Kier molecular flexibility index (Phi) is 4.21. The molecule has 0 aliphatic heterocycles. The van der Waals surface area contributed by atoms with Gasteiger partial charge in [-0.05, 0) is 35.4 Å². The van der Waals surface area contributed by atoms with Gasteiger partial charge in [0.1, 0.15) is 0 Å². The molecule has 1 aromatic carbocycles. The fraction of sp³-hybridized carbons (Fsp3) is 0.625. The Balaban J connectivity index is 2.14.